The molecule has 1 aromatic rings. The van der Waals surface area contributed by atoms with Crippen LogP contribution in [-0.4, -0.2) is 30.6 Å². The molecule has 3 N–H and O–H groups in total. The molecule has 0 aromatic heterocycles. The maximum Gasteiger partial charge on any atom is 0.0585 e. The summed E-state index contributed by atoms with van der Waals surface area (Å²) in [7, 11) is 0. The molecular weight excluding hydrogens is 290 g/mol. The van der Waals surface area contributed by atoms with Crippen LogP contribution in [0.15, 0.2) is 22.7 Å². The van der Waals surface area contributed by atoms with Crippen molar-refractivity contribution in [3.8, 4) is 0 Å². The third kappa shape index (κ3) is 3.39. The van der Waals surface area contributed by atoms with E-state index in [1.807, 2.05) is 18.2 Å². The first kappa shape index (κ1) is 13.7. The maximum atomic E-state index is 5.96. The van der Waals surface area contributed by atoms with E-state index in [4.69, 9.17) is 5.73 Å². The number of rotatable bonds is 4. The normalized spacial score (nSPS) is 20.6. The molecule has 3 nitrogen and oxygen atoms in total. The third-order valence-corrected chi connectivity index (χ3v) is 4.14. The second-order valence-corrected chi connectivity index (χ2v) is 6.27. The van der Waals surface area contributed by atoms with Crippen LogP contribution >= 0.6 is 15.9 Å². The molecule has 0 aliphatic carbocycles. The number of nitrogen functional groups attached to an aromatic ring is 1. The van der Waals surface area contributed by atoms with Gasteiger partial charge in [0.05, 0.1) is 11.4 Å². The zero-order valence-electron chi connectivity index (χ0n) is 11.1. The van der Waals surface area contributed by atoms with Crippen molar-refractivity contribution in [2.24, 2.45) is 5.92 Å². The van der Waals surface area contributed by atoms with Gasteiger partial charge in [0.15, 0.2) is 0 Å². The van der Waals surface area contributed by atoms with E-state index < -0.39 is 0 Å². The maximum absolute atomic E-state index is 5.96. The predicted octanol–water partition coefficient (Wildman–Crippen LogP) is 3.17. The van der Waals surface area contributed by atoms with Gasteiger partial charge in [-0.3, -0.25) is 0 Å². The molecule has 18 heavy (non-hydrogen) atoms. The fourth-order valence-corrected chi connectivity index (χ4v) is 2.80. The minimum Gasteiger partial charge on any atom is -0.397 e. The summed E-state index contributed by atoms with van der Waals surface area (Å²) < 4.78 is 1.06. The second kappa shape index (κ2) is 5.93. The summed E-state index contributed by atoms with van der Waals surface area (Å²) in [6, 6.07) is 6.61. The molecule has 1 unspecified atom stereocenters. The molecule has 1 aliphatic rings. The van der Waals surface area contributed by atoms with Crippen molar-refractivity contribution in [3.05, 3.63) is 22.7 Å². The Morgan fingerprint density at radius 3 is 2.94 bits per heavy atom. The van der Waals surface area contributed by atoms with Gasteiger partial charge in [-0.15, -0.1) is 0 Å². The summed E-state index contributed by atoms with van der Waals surface area (Å²) in [6.07, 6.45) is 1.28. The zero-order chi connectivity index (χ0) is 13.1. The van der Waals surface area contributed by atoms with Gasteiger partial charge in [-0.2, -0.15) is 0 Å². The average molecular weight is 312 g/mol. The van der Waals surface area contributed by atoms with Crippen molar-refractivity contribution in [1.82, 2.24) is 4.90 Å². The van der Waals surface area contributed by atoms with Crippen LogP contribution in [0.2, 0.25) is 0 Å². The van der Waals surface area contributed by atoms with Gasteiger partial charge in [0.2, 0.25) is 0 Å². The van der Waals surface area contributed by atoms with Crippen molar-refractivity contribution in [2.45, 2.75) is 26.3 Å². The summed E-state index contributed by atoms with van der Waals surface area (Å²) in [5.74, 6) is 0.728. The Hall–Kier alpha value is -0.740. The third-order valence-electron chi connectivity index (χ3n) is 3.64. The number of benzene rings is 1. The lowest BCUT2D eigenvalue weighted by Crippen LogP contribution is -2.29. The lowest BCUT2D eigenvalue weighted by molar-refractivity contribution is 0.266. The number of nitrogens with two attached hydrogens (primary N) is 1. The van der Waals surface area contributed by atoms with E-state index >= 15 is 0 Å². The van der Waals surface area contributed by atoms with Gasteiger partial charge in [-0.05, 0) is 50.9 Å². The summed E-state index contributed by atoms with van der Waals surface area (Å²) in [5.41, 5.74) is 7.81. The Morgan fingerprint density at radius 2 is 2.28 bits per heavy atom. The van der Waals surface area contributed by atoms with Crippen LogP contribution in [-0.2, 0) is 0 Å². The molecular formula is C14H22BrN3. The van der Waals surface area contributed by atoms with E-state index in [2.05, 4.69) is 40.0 Å². The lowest BCUT2D eigenvalue weighted by atomic mass is 10.1. The highest BCUT2D eigenvalue weighted by atomic mass is 79.9. The SMILES string of the molecule is CC(C)N1CCC(CNc2cc(Br)ccc2N)C1. The second-order valence-electron chi connectivity index (χ2n) is 5.36. The minimum absolute atomic E-state index is 0.658. The highest BCUT2D eigenvalue weighted by molar-refractivity contribution is 9.10. The molecule has 0 spiro atoms. The van der Waals surface area contributed by atoms with Crippen LogP contribution in [0.25, 0.3) is 0 Å². The largest absolute Gasteiger partial charge is 0.397 e. The Morgan fingerprint density at radius 1 is 1.50 bits per heavy atom. The first-order valence-corrected chi connectivity index (χ1v) is 7.38. The number of hydrogen-bond donors (Lipinski definition) is 2. The van der Waals surface area contributed by atoms with Crippen LogP contribution in [0.4, 0.5) is 11.4 Å². The number of halogens is 1. The lowest BCUT2D eigenvalue weighted by Gasteiger charge is -2.20. The van der Waals surface area contributed by atoms with E-state index in [-0.39, 0.29) is 0 Å². The van der Waals surface area contributed by atoms with E-state index in [9.17, 15) is 0 Å². The molecule has 0 bridgehead atoms. The van der Waals surface area contributed by atoms with E-state index in [1.54, 1.807) is 0 Å². The molecule has 0 amide bonds. The quantitative estimate of drug-likeness (QED) is 0.839. The fourth-order valence-electron chi connectivity index (χ4n) is 2.43. The molecule has 1 atom stereocenters. The average Bonchev–Trinajstić information content (AvgIpc) is 2.79. The van der Waals surface area contributed by atoms with Crippen LogP contribution < -0.4 is 11.1 Å². The van der Waals surface area contributed by atoms with Crippen LogP contribution in [0.1, 0.15) is 20.3 Å². The molecule has 1 aromatic carbocycles. The predicted molar refractivity (Wildman–Crippen MR) is 81.9 cm³/mol. The van der Waals surface area contributed by atoms with Gasteiger partial charge in [-0.25, -0.2) is 0 Å². The minimum atomic E-state index is 0.658. The number of hydrogen-bond acceptors (Lipinski definition) is 3. The Bertz CT molecular complexity index is 406. The number of nitrogens with zero attached hydrogens (tertiary/aromatic N) is 1. The molecule has 2 rings (SSSR count). The summed E-state index contributed by atoms with van der Waals surface area (Å²) in [6.45, 7) is 7.95. The van der Waals surface area contributed by atoms with Crippen molar-refractivity contribution >= 4 is 27.3 Å². The Kier molecular flexibility index (Phi) is 4.51. The van der Waals surface area contributed by atoms with E-state index in [0.717, 1.165) is 28.3 Å². The van der Waals surface area contributed by atoms with Crippen molar-refractivity contribution in [2.75, 3.05) is 30.7 Å². The highest BCUT2D eigenvalue weighted by Crippen LogP contribution is 2.25. The Balaban J connectivity index is 1.87. The van der Waals surface area contributed by atoms with Gasteiger partial charge in [0, 0.05) is 23.6 Å². The van der Waals surface area contributed by atoms with Crippen molar-refractivity contribution in [3.63, 3.8) is 0 Å². The molecule has 1 heterocycles. The molecule has 1 fully saturated rings. The van der Waals surface area contributed by atoms with E-state index in [0.29, 0.717) is 6.04 Å². The number of anilines is 2. The van der Waals surface area contributed by atoms with Gasteiger partial charge in [-0.1, -0.05) is 15.9 Å². The molecule has 1 aliphatic heterocycles. The molecule has 1 saturated heterocycles. The van der Waals surface area contributed by atoms with Crippen LogP contribution in [0, 0.1) is 5.92 Å². The highest BCUT2D eigenvalue weighted by Gasteiger charge is 2.23. The van der Waals surface area contributed by atoms with Gasteiger partial charge in [0.1, 0.15) is 0 Å². The molecule has 0 radical (unpaired) electrons. The summed E-state index contributed by atoms with van der Waals surface area (Å²) >= 11 is 3.47. The standard InChI is InChI=1S/C14H22BrN3/c1-10(2)18-6-5-11(9-18)8-17-14-7-12(15)3-4-13(14)16/h3-4,7,10-11,17H,5-6,8-9,16H2,1-2H3. The van der Waals surface area contributed by atoms with Gasteiger partial charge in [0.25, 0.3) is 0 Å². The summed E-state index contributed by atoms with van der Waals surface area (Å²) in [5, 5.41) is 3.47. The van der Waals surface area contributed by atoms with Crippen LogP contribution in [0.3, 0.4) is 0 Å². The zero-order valence-corrected chi connectivity index (χ0v) is 12.7. The van der Waals surface area contributed by atoms with Gasteiger partial charge >= 0.3 is 0 Å². The summed E-state index contributed by atoms with van der Waals surface area (Å²) in [4.78, 5) is 2.54. The first-order chi connectivity index (χ1) is 8.56. The molecule has 4 heteroatoms. The van der Waals surface area contributed by atoms with E-state index in [1.165, 1.54) is 19.5 Å². The van der Waals surface area contributed by atoms with Crippen LogP contribution in [0.5, 0.6) is 0 Å². The smallest absolute Gasteiger partial charge is 0.0585 e. The number of likely N-dealkylation sites (tertiary alicyclic amines) is 1. The monoisotopic (exact) mass is 311 g/mol. The topological polar surface area (TPSA) is 41.3 Å². The fraction of sp³-hybridized carbons (Fsp3) is 0.571. The number of nitrogens with one attached hydrogen (secondary N) is 1. The van der Waals surface area contributed by atoms with Gasteiger partial charge < -0.3 is 16.0 Å². The first-order valence-electron chi connectivity index (χ1n) is 6.59. The van der Waals surface area contributed by atoms with Crippen molar-refractivity contribution < 1.29 is 0 Å². The Labute approximate surface area is 118 Å². The van der Waals surface area contributed by atoms with Crippen molar-refractivity contribution in [1.29, 1.82) is 0 Å². The molecule has 0 saturated carbocycles. The molecule has 100 valence electrons.